The lowest BCUT2D eigenvalue weighted by molar-refractivity contribution is 0.528. The van der Waals surface area contributed by atoms with Gasteiger partial charge in [-0.3, -0.25) is 4.99 Å². The highest BCUT2D eigenvalue weighted by atomic mass is 14.9. The molecule has 68 valence electrons. The fraction of sp³-hybridized carbons (Fsp3) is 0.900. The molecule has 2 nitrogen and oxygen atoms in total. The van der Waals surface area contributed by atoms with Gasteiger partial charge in [-0.1, -0.05) is 13.3 Å². The van der Waals surface area contributed by atoms with Gasteiger partial charge in [0.2, 0.25) is 0 Å². The summed E-state index contributed by atoms with van der Waals surface area (Å²) < 4.78 is 0. The Hall–Kier alpha value is -0.530. The van der Waals surface area contributed by atoms with Crippen LogP contribution in [-0.2, 0) is 0 Å². The Labute approximate surface area is 74.2 Å². The Morgan fingerprint density at radius 3 is 2.50 bits per heavy atom. The average Bonchev–Trinajstić information content (AvgIpc) is 2.80. The van der Waals surface area contributed by atoms with Gasteiger partial charge in [0.1, 0.15) is 0 Å². The zero-order chi connectivity index (χ0) is 8.55. The van der Waals surface area contributed by atoms with Crippen LogP contribution >= 0.6 is 0 Å². The number of aliphatic imine (C=N–C) groups is 1. The molecular formula is C10H18N2. The second kappa shape index (κ2) is 3.08. The zero-order valence-corrected chi connectivity index (χ0v) is 7.79. The normalized spacial score (nSPS) is 37.2. The standard InChI is InChI=1S/C10H18N2/c1-7-3-2-4-9(7)12-10(11)8-5-6-8/h7-9H,2-6H2,1H3,(H2,11,12). The molecule has 0 aliphatic heterocycles. The van der Waals surface area contributed by atoms with Gasteiger partial charge in [-0.15, -0.1) is 0 Å². The van der Waals surface area contributed by atoms with Crippen molar-refractivity contribution in [1.29, 1.82) is 0 Å². The monoisotopic (exact) mass is 166 g/mol. The first kappa shape index (κ1) is 8.09. The Kier molecular flexibility index (Phi) is 2.07. The van der Waals surface area contributed by atoms with Crippen molar-refractivity contribution in [2.75, 3.05) is 0 Å². The van der Waals surface area contributed by atoms with Gasteiger partial charge in [0.15, 0.2) is 0 Å². The van der Waals surface area contributed by atoms with E-state index >= 15 is 0 Å². The molecule has 0 amide bonds. The van der Waals surface area contributed by atoms with Gasteiger partial charge in [-0.25, -0.2) is 0 Å². The molecule has 2 rings (SSSR count). The summed E-state index contributed by atoms with van der Waals surface area (Å²) in [5.74, 6) is 2.36. The van der Waals surface area contributed by atoms with Crippen LogP contribution in [0.1, 0.15) is 39.0 Å². The number of amidine groups is 1. The molecule has 0 aromatic rings. The van der Waals surface area contributed by atoms with Crippen LogP contribution in [0.2, 0.25) is 0 Å². The van der Waals surface area contributed by atoms with Crippen LogP contribution in [0.5, 0.6) is 0 Å². The summed E-state index contributed by atoms with van der Waals surface area (Å²) in [6, 6.07) is 0.547. The van der Waals surface area contributed by atoms with Gasteiger partial charge in [0, 0.05) is 5.92 Å². The molecule has 2 N–H and O–H groups in total. The molecule has 0 aromatic carbocycles. The predicted molar refractivity (Wildman–Crippen MR) is 51.1 cm³/mol. The molecule has 2 atom stereocenters. The Bertz CT molecular complexity index is 194. The first-order chi connectivity index (χ1) is 5.77. The van der Waals surface area contributed by atoms with Crippen LogP contribution in [0.3, 0.4) is 0 Å². The van der Waals surface area contributed by atoms with Crippen molar-refractivity contribution in [2.45, 2.75) is 45.1 Å². The zero-order valence-electron chi connectivity index (χ0n) is 7.79. The van der Waals surface area contributed by atoms with Crippen LogP contribution in [0, 0.1) is 11.8 Å². The van der Waals surface area contributed by atoms with Crippen molar-refractivity contribution in [3.8, 4) is 0 Å². The summed E-state index contributed by atoms with van der Waals surface area (Å²) in [5.41, 5.74) is 5.87. The van der Waals surface area contributed by atoms with E-state index in [1.54, 1.807) is 0 Å². The van der Waals surface area contributed by atoms with Gasteiger partial charge >= 0.3 is 0 Å². The second-order valence-electron chi connectivity index (χ2n) is 4.30. The number of nitrogens with two attached hydrogens (primary N) is 1. The smallest absolute Gasteiger partial charge is 0.0971 e. The van der Waals surface area contributed by atoms with E-state index < -0.39 is 0 Å². The van der Waals surface area contributed by atoms with Crippen LogP contribution in [-0.4, -0.2) is 11.9 Å². The third-order valence-corrected chi connectivity index (χ3v) is 3.13. The fourth-order valence-electron chi connectivity index (χ4n) is 1.99. The third-order valence-electron chi connectivity index (χ3n) is 3.13. The molecule has 0 saturated heterocycles. The van der Waals surface area contributed by atoms with Crippen molar-refractivity contribution in [3.63, 3.8) is 0 Å². The van der Waals surface area contributed by atoms with E-state index in [0.29, 0.717) is 12.0 Å². The maximum atomic E-state index is 5.87. The maximum absolute atomic E-state index is 5.87. The molecule has 12 heavy (non-hydrogen) atoms. The number of hydrogen-bond donors (Lipinski definition) is 1. The van der Waals surface area contributed by atoms with Gasteiger partial charge in [-0.05, 0) is 31.6 Å². The number of rotatable bonds is 2. The van der Waals surface area contributed by atoms with Crippen LogP contribution < -0.4 is 5.73 Å². The summed E-state index contributed by atoms with van der Waals surface area (Å²) >= 11 is 0. The van der Waals surface area contributed by atoms with E-state index in [0.717, 1.165) is 11.8 Å². The van der Waals surface area contributed by atoms with E-state index in [4.69, 9.17) is 5.73 Å². The van der Waals surface area contributed by atoms with E-state index in [1.165, 1.54) is 32.1 Å². The lowest BCUT2D eigenvalue weighted by Crippen LogP contribution is -2.19. The Morgan fingerprint density at radius 1 is 1.25 bits per heavy atom. The highest BCUT2D eigenvalue weighted by Crippen LogP contribution is 2.32. The summed E-state index contributed by atoms with van der Waals surface area (Å²) in [4.78, 5) is 4.61. The van der Waals surface area contributed by atoms with Crippen LogP contribution in [0.25, 0.3) is 0 Å². The highest BCUT2D eigenvalue weighted by molar-refractivity contribution is 5.85. The number of nitrogens with zero attached hydrogens (tertiary/aromatic N) is 1. The number of hydrogen-bond acceptors (Lipinski definition) is 1. The molecular weight excluding hydrogens is 148 g/mol. The van der Waals surface area contributed by atoms with E-state index in [2.05, 4.69) is 11.9 Å². The van der Waals surface area contributed by atoms with Crippen molar-refractivity contribution in [1.82, 2.24) is 0 Å². The molecule has 0 bridgehead atoms. The Morgan fingerprint density at radius 2 is 2.00 bits per heavy atom. The molecule has 2 aliphatic carbocycles. The van der Waals surface area contributed by atoms with E-state index in [9.17, 15) is 0 Å². The fourth-order valence-corrected chi connectivity index (χ4v) is 1.99. The topological polar surface area (TPSA) is 38.4 Å². The molecule has 2 unspecified atom stereocenters. The van der Waals surface area contributed by atoms with Crippen molar-refractivity contribution in [3.05, 3.63) is 0 Å². The van der Waals surface area contributed by atoms with E-state index in [1.807, 2.05) is 0 Å². The minimum Gasteiger partial charge on any atom is -0.387 e. The predicted octanol–water partition coefficient (Wildman–Crippen LogP) is 1.94. The average molecular weight is 166 g/mol. The van der Waals surface area contributed by atoms with Crippen molar-refractivity contribution >= 4 is 5.84 Å². The Balaban J connectivity index is 1.95. The molecule has 2 fully saturated rings. The summed E-state index contributed by atoms with van der Waals surface area (Å²) in [7, 11) is 0. The largest absolute Gasteiger partial charge is 0.387 e. The quantitative estimate of drug-likeness (QED) is 0.494. The molecule has 2 heteroatoms. The van der Waals surface area contributed by atoms with Gasteiger partial charge in [-0.2, -0.15) is 0 Å². The third kappa shape index (κ3) is 1.62. The maximum Gasteiger partial charge on any atom is 0.0971 e. The van der Waals surface area contributed by atoms with Gasteiger partial charge in [0.05, 0.1) is 11.9 Å². The molecule has 2 aliphatic rings. The summed E-state index contributed by atoms with van der Waals surface area (Å²) in [6.07, 6.45) is 6.49. The summed E-state index contributed by atoms with van der Waals surface area (Å²) in [5, 5.41) is 0. The van der Waals surface area contributed by atoms with Crippen molar-refractivity contribution < 1.29 is 0 Å². The lowest BCUT2D eigenvalue weighted by Gasteiger charge is -2.10. The SMILES string of the molecule is CC1CCCC1N=C(N)C1CC1. The first-order valence-corrected chi connectivity index (χ1v) is 5.10. The molecule has 0 radical (unpaired) electrons. The minimum absolute atomic E-state index is 0.547. The molecule has 2 saturated carbocycles. The van der Waals surface area contributed by atoms with Gasteiger partial charge < -0.3 is 5.73 Å². The van der Waals surface area contributed by atoms with E-state index in [-0.39, 0.29) is 0 Å². The molecule has 0 spiro atoms. The highest BCUT2D eigenvalue weighted by Gasteiger charge is 2.28. The van der Waals surface area contributed by atoms with Crippen LogP contribution in [0.15, 0.2) is 4.99 Å². The molecule has 0 aromatic heterocycles. The second-order valence-corrected chi connectivity index (χ2v) is 4.30. The first-order valence-electron chi connectivity index (χ1n) is 5.10. The lowest BCUT2D eigenvalue weighted by atomic mass is 10.1. The minimum atomic E-state index is 0.547. The van der Waals surface area contributed by atoms with Gasteiger partial charge in [0.25, 0.3) is 0 Å². The van der Waals surface area contributed by atoms with Crippen molar-refractivity contribution in [2.24, 2.45) is 22.6 Å². The molecule has 0 heterocycles. The summed E-state index contributed by atoms with van der Waals surface area (Å²) in [6.45, 7) is 2.29. The van der Waals surface area contributed by atoms with Crippen LogP contribution in [0.4, 0.5) is 0 Å².